The highest BCUT2D eigenvalue weighted by Gasteiger charge is 2.36. The molecular formula is C25H25Cl2NO4. The summed E-state index contributed by atoms with van der Waals surface area (Å²) in [5, 5.41) is 0.707. The van der Waals surface area contributed by atoms with Gasteiger partial charge in [0.1, 0.15) is 0 Å². The summed E-state index contributed by atoms with van der Waals surface area (Å²) >= 11 is 12.3. The Balaban J connectivity index is 2.20. The van der Waals surface area contributed by atoms with Crippen molar-refractivity contribution in [1.82, 2.24) is 0 Å². The maximum atomic E-state index is 13.0. The second-order valence-corrected chi connectivity index (χ2v) is 8.21. The van der Waals surface area contributed by atoms with Gasteiger partial charge in [0.05, 0.1) is 40.3 Å². The van der Waals surface area contributed by atoms with Gasteiger partial charge in [-0.1, -0.05) is 35.3 Å². The van der Waals surface area contributed by atoms with Crippen molar-refractivity contribution in [3.63, 3.8) is 0 Å². The number of hydrogen-bond donors (Lipinski definition) is 0. The molecule has 0 saturated carbocycles. The van der Waals surface area contributed by atoms with Gasteiger partial charge in [-0.05, 0) is 68.7 Å². The Kier molecular flexibility index (Phi) is 7.64. The van der Waals surface area contributed by atoms with E-state index in [0.717, 1.165) is 16.8 Å². The lowest BCUT2D eigenvalue weighted by molar-refractivity contribution is -0.139. The second-order valence-electron chi connectivity index (χ2n) is 7.39. The minimum Gasteiger partial charge on any atom is -0.463 e. The van der Waals surface area contributed by atoms with Crippen LogP contribution in [-0.2, 0) is 19.1 Å². The maximum Gasteiger partial charge on any atom is 0.336 e. The first-order valence-corrected chi connectivity index (χ1v) is 11.1. The topological polar surface area (TPSA) is 55.8 Å². The summed E-state index contributed by atoms with van der Waals surface area (Å²) in [5.74, 6) is -1.76. The third kappa shape index (κ3) is 5.00. The molecule has 0 fully saturated rings. The fraction of sp³-hybridized carbons (Fsp3) is 0.280. The van der Waals surface area contributed by atoms with Gasteiger partial charge in [-0.15, -0.1) is 0 Å². The monoisotopic (exact) mass is 473 g/mol. The average molecular weight is 474 g/mol. The lowest BCUT2D eigenvalue weighted by atomic mass is 9.83. The minimum atomic E-state index is -0.717. The van der Waals surface area contributed by atoms with Crippen LogP contribution in [0.25, 0.3) is 0 Å². The molecule has 3 rings (SSSR count). The van der Waals surface area contributed by atoms with E-state index in [1.807, 2.05) is 32.0 Å². The van der Waals surface area contributed by atoms with Crippen LogP contribution in [0.5, 0.6) is 0 Å². The van der Waals surface area contributed by atoms with Gasteiger partial charge in [0.2, 0.25) is 0 Å². The van der Waals surface area contributed by atoms with Crippen molar-refractivity contribution in [2.45, 2.75) is 33.6 Å². The van der Waals surface area contributed by atoms with E-state index in [1.54, 1.807) is 49.3 Å². The lowest BCUT2D eigenvalue weighted by Crippen LogP contribution is -2.29. The molecule has 1 aliphatic rings. The fourth-order valence-electron chi connectivity index (χ4n) is 3.51. The zero-order valence-electron chi connectivity index (χ0n) is 18.4. The number of anilines is 1. The Bertz CT molecular complexity index is 1070. The SMILES string of the molecule is CCOC(=O)C1=CN(c2ccc(C)c(C)c2)C=C(C(=O)OCC)C1c1ccc(Cl)c(Cl)c1. The van der Waals surface area contributed by atoms with E-state index in [4.69, 9.17) is 32.7 Å². The molecule has 0 N–H and O–H groups in total. The van der Waals surface area contributed by atoms with Gasteiger partial charge in [0.15, 0.2) is 0 Å². The molecule has 0 radical (unpaired) electrons. The molecule has 168 valence electrons. The summed E-state index contributed by atoms with van der Waals surface area (Å²) in [5.41, 5.74) is 4.28. The number of nitrogens with zero attached hydrogens (tertiary/aromatic N) is 1. The molecule has 1 aliphatic heterocycles. The molecule has 2 aromatic carbocycles. The van der Waals surface area contributed by atoms with E-state index < -0.39 is 17.9 Å². The smallest absolute Gasteiger partial charge is 0.336 e. The van der Waals surface area contributed by atoms with E-state index in [0.29, 0.717) is 26.8 Å². The van der Waals surface area contributed by atoms with Crippen LogP contribution in [0.15, 0.2) is 59.9 Å². The molecule has 2 aromatic rings. The number of esters is 2. The number of ether oxygens (including phenoxy) is 2. The van der Waals surface area contributed by atoms with Crippen LogP contribution < -0.4 is 4.90 Å². The van der Waals surface area contributed by atoms with E-state index in [-0.39, 0.29) is 13.2 Å². The van der Waals surface area contributed by atoms with E-state index in [2.05, 4.69) is 0 Å². The third-order valence-electron chi connectivity index (χ3n) is 5.27. The maximum absolute atomic E-state index is 13.0. The summed E-state index contributed by atoms with van der Waals surface area (Å²) in [6, 6.07) is 10.9. The number of rotatable bonds is 6. The molecule has 0 spiro atoms. The quantitative estimate of drug-likeness (QED) is 0.473. The molecule has 1 heterocycles. The van der Waals surface area contributed by atoms with E-state index >= 15 is 0 Å². The number of hydrogen-bond acceptors (Lipinski definition) is 5. The lowest BCUT2D eigenvalue weighted by Gasteiger charge is -2.30. The van der Waals surface area contributed by atoms with Crippen LogP contribution in [0.4, 0.5) is 5.69 Å². The summed E-state index contributed by atoms with van der Waals surface area (Å²) in [4.78, 5) is 27.8. The molecule has 0 saturated heterocycles. The van der Waals surface area contributed by atoms with Crippen molar-refractivity contribution in [1.29, 1.82) is 0 Å². The predicted octanol–water partition coefficient (Wildman–Crippen LogP) is 6.11. The van der Waals surface area contributed by atoms with Crippen LogP contribution >= 0.6 is 23.2 Å². The summed E-state index contributed by atoms with van der Waals surface area (Å²) in [7, 11) is 0. The van der Waals surface area contributed by atoms with Gasteiger partial charge in [-0.2, -0.15) is 0 Å². The van der Waals surface area contributed by atoms with Gasteiger partial charge in [-0.25, -0.2) is 9.59 Å². The van der Waals surface area contributed by atoms with Crippen molar-refractivity contribution < 1.29 is 19.1 Å². The zero-order valence-corrected chi connectivity index (χ0v) is 20.0. The van der Waals surface area contributed by atoms with Crippen molar-refractivity contribution in [3.8, 4) is 0 Å². The number of benzene rings is 2. The normalized spacial score (nSPS) is 14.0. The summed E-state index contributed by atoms with van der Waals surface area (Å²) < 4.78 is 10.7. The standard InChI is InChI=1S/C25H25Cl2NO4/c1-5-31-24(29)19-13-28(18-9-7-15(3)16(4)11-18)14-20(25(30)32-6-2)23(19)17-8-10-21(26)22(27)12-17/h7-14,23H,5-6H2,1-4H3. The molecule has 0 amide bonds. The Labute approximate surface area is 198 Å². The van der Waals surface area contributed by atoms with Gasteiger partial charge in [0, 0.05) is 18.1 Å². The Hall–Kier alpha value is -2.76. The van der Waals surface area contributed by atoms with Crippen molar-refractivity contribution in [3.05, 3.63) is 86.7 Å². The highest BCUT2D eigenvalue weighted by atomic mass is 35.5. The second kappa shape index (κ2) is 10.2. The van der Waals surface area contributed by atoms with E-state index in [1.165, 1.54) is 0 Å². The van der Waals surface area contributed by atoms with Gasteiger partial charge < -0.3 is 14.4 Å². The molecule has 5 nitrogen and oxygen atoms in total. The number of halogens is 2. The molecule has 32 heavy (non-hydrogen) atoms. The van der Waals surface area contributed by atoms with Crippen molar-refractivity contribution in [2.24, 2.45) is 0 Å². The zero-order chi connectivity index (χ0) is 23.4. The van der Waals surface area contributed by atoms with Crippen molar-refractivity contribution >= 4 is 40.8 Å². The predicted molar refractivity (Wildman–Crippen MR) is 127 cm³/mol. The first-order chi connectivity index (χ1) is 15.3. The largest absolute Gasteiger partial charge is 0.463 e. The first-order valence-electron chi connectivity index (χ1n) is 10.3. The molecule has 0 unspecified atom stereocenters. The molecule has 0 bridgehead atoms. The summed E-state index contributed by atoms with van der Waals surface area (Å²) in [6.45, 7) is 7.90. The molecule has 0 aliphatic carbocycles. The molecule has 7 heteroatoms. The number of aryl methyl sites for hydroxylation is 2. The molecular weight excluding hydrogens is 449 g/mol. The third-order valence-corrected chi connectivity index (χ3v) is 6.01. The van der Waals surface area contributed by atoms with Crippen LogP contribution in [0.1, 0.15) is 36.5 Å². The van der Waals surface area contributed by atoms with Crippen molar-refractivity contribution in [2.75, 3.05) is 18.1 Å². The Morgan fingerprint density at radius 2 is 1.44 bits per heavy atom. The van der Waals surface area contributed by atoms with Gasteiger partial charge >= 0.3 is 11.9 Å². The minimum absolute atomic E-state index is 0.201. The average Bonchev–Trinajstić information content (AvgIpc) is 2.77. The molecule has 0 aromatic heterocycles. The van der Waals surface area contributed by atoms with Gasteiger partial charge in [0.25, 0.3) is 0 Å². The van der Waals surface area contributed by atoms with Crippen LogP contribution in [0, 0.1) is 13.8 Å². The van der Waals surface area contributed by atoms with Crippen LogP contribution in [0.3, 0.4) is 0 Å². The summed E-state index contributed by atoms with van der Waals surface area (Å²) in [6.07, 6.45) is 3.38. The first kappa shape index (κ1) is 23.9. The van der Waals surface area contributed by atoms with Crippen LogP contribution in [-0.4, -0.2) is 25.2 Å². The molecule has 0 atom stereocenters. The van der Waals surface area contributed by atoms with Crippen LogP contribution in [0.2, 0.25) is 10.0 Å². The number of carbonyl (C=O) groups is 2. The fourth-order valence-corrected chi connectivity index (χ4v) is 3.82. The van der Waals surface area contributed by atoms with Gasteiger partial charge in [-0.3, -0.25) is 0 Å². The highest BCUT2D eigenvalue weighted by Crippen LogP contribution is 2.40. The number of carbonyl (C=O) groups excluding carboxylic acids is 2. The van der Waals surface area contributed by atoms with E-state index in [9.17, 15) is 9.59 Å². The highest BCUT2D eigenvalue weighted by molar-refractivity contribution is 6.42. The Morgan fingerprint density at radius 3 is 1.94 bits per heavy atom. The Morgan fingerprint density at radius 1 is 0.844 bits per heavy atom.